The average molecular weight is 567 g/mol. The van der Waals surface area contributed by atoms with Crippen LogP contribution >= 0.6 is 0 Å². The molecular formula is C33H47FN4O3. The molecule has 0 aliphatic carbocycles. The minimum atomic E-state index is -0.291. The van der Waals surface area contributed by atoms with E-state index < -0.39 is 0 Å². The number of hydrogen-bond donors (Lipinski definition) is 1. The molecule has 0 unspecified atom stereocenters. The number of carbonyl (C=O) groups is 1. The molecule has 224 valence electrons. The van der Waals surface area contributed by atoms with Gasteiger partial charge in [0.05, 0.1) is 18.9 Å². The van der Waals surface area contributed by atoms with E-state index in [1.165, 1.54) is 17.2 Å². The van der Waals surface area contributed by atoms with Crippen LogP contribution in [0, 0.1) is 11.7 Å². The zero-order valence-corrected chi connectivity index (χ0v) is 25.0. The number of likely N-dealkylation sites (tertiary alicyclic amines) is 1. The van der Waals surface area contributed by atoms with Gasteiger partial charge in [0, 0.05) is 51.1 Å². The molecule has 0 spiro atoms. The summed E-state index contributed by atoms with van der Waals surface area (Å²) in [6, 6.07) is 14.2. The fourth-order valence-corrected chi connectivity index (χ4v) is 6.08. The highest BCUT2D eigenvalue weighted by molar-refractivity contribution is 5.92. The number of rotatable bonds is 7. The molecule has 1 N–H and O–H groups in total. The smallest absolute Gasteiger partial charge is 0.322 e. The van der Waals surface area contributed by atoms with Crippen molar-refractivity contribution in [3.05, 3.63) is 59.4 Å². The summed E-state index contributed by atoms with van der Waals surface area (Å²) in [5.74, 6) is 0.0671. The maximum atomic E-state index is 15.4. The van der Waals surface area contributed by atoms with Gasteiger partial charge in [-0.1, -0.05) is 45.0 Å². The van der Waals surface area contributed by atoms with E-state index in [-0.39, 0.29) is 23.3 Å². The van der Waals surface area contributed by atoms with E-state index in [4.69, 9.17) is 9.47 Å². The molecule has 0 aromatic heterocycles. The lowest BCUT2D eigenvalue weighted by molar-refractivity contribution is 0.0803. The van der Waals surface area contributed by atoms with Crippen LogP contribution in [0.1, 0.15) is 57.6 Å². The molecule has 41 heavy (non-hydrogen) atoms. The van der Waals surface area contributed by atoms with Crippen LogP contribution in [0.15, 0.2) is 42.5 Å². The molecule has 2 aromatic carbocycles. The standard InChI is InChI=1S/C33H47FN4O3/c1-33(2,3)27-6-4-25(5-7-27)23-36-14-10-26(11-15-36)24-38(32(39)35-28-12-18-40-19-13-28)29-8-9-31(30(34)22-29)37-16-20-41-21-17-37/h4-9,22,26,28H,10-21,23-24H2,1-3H3,(H,35,39). The number of morpholine rings is 1. The van der Waals surface area contributed by atoms with Gasteiger partial charge < -0.3 is 19.7 Å². The molecule has 3 aliphatic rings. The molecule has 0 saturated carbocycles. The molecule has 3 saturated heterocycles. The summed E-state index contributed by atoms with van der Waals surface area (Å²) < 4.78 is 26.3. The quantitative estimate of drug-likeness (QED) is 0.475. The second kappa shape index (κ2) is 13.5. The van der Waals surface area contributed by atoms with Crippen LogP contribution in [0.3, 0.4) is 0 Å². The van der Waals surface area contributed by atoms with Gasteiger partial charge >= 0.3 is 6.03 Å². The minimum Gasteiger partial charge on any atom is -0.381 e. The van der Waals surface area contributed by atoms with Crippen LogP contribution < -0.4 is 15.1 Å². The third-order valence-corrected chi connectivity index (χ3v) is 8.76. The molecule has 7 nitrogen and oxygen atoms in total. The van der Waals surface area contributed by atoms with Crippen molar-refractivity contribution < 1.29 is 18.7 Å². The van der Waals surface area contributed by atoms with E-state index in [0.717, 1.165) is 45.3 Å². The number of hydrogen-bond acceptors (Lipinski definition) is 5. The highest BCUT2D eigenvalue weighted by Crippen LogP contribution is 2.29. The zero-order chi connectivity index (χ0) is 28.8. The lowest BCUT2D eigenvalue weighted by Crippen LogP contribution is -2.49. The Morgan fingerprint density at radius 1 is 0.927 bits per heavy atom. The van der Waals surface area contributed by atoms with Crippen molar-refractivity contribution in [2.75, 3.05) is 69.0 Å². The number of benzene rings is 2. The maximum absolute atomic E-state index is 15.4. The highest BCUT2D eigenvalue weighted by atomic mass is 19.1. The van der Waals surface area contributed by atoms with Crippen LogP contribution in [0.5, 0.6) is 0 Å². The first-order valence-corrected chi connectivity index (χ1v) is 15.4. The van der Waals surface area contributed by atoms with Crippen LogP contribution in [0.2, 0.25) is 0 Å². The Morgan fingerprint density at radius 2 is 1.59 bits per heavy atom. The van der Waals surface area contributed by atoms with Gasteiger partial charge in [0.1, 0.15) is 5.82 Å². The summed E-state index contributed by atoms with van der Waals surface area (Å²) in [7, 11) is 0. The second-order valence-electron chi connectivity index (χ2n) is 12.8. The first-order valence-electron chi connectivity index (χ1n) is 15.4. The normalized spacial score (nSPS) is 19.8. The lowest BCUT2D eigenvalue weighted by atomic mass is 9.86. The summed E-state index contributed by atoms with van der Waals surface area (Å²) in [5, 5.41) is 3.21. The molecule has 3 heterocycles. The fraction of sp³-hybridized carbons (Fsp3) is 0.606. The maximum Gasteiger partial charge on any atom is 0.322 e. The predicted octanol–water partition coefficient (Wildman–Crippen LogP) is 5.57. The Labute approximate surface area is 245 Å². The molecule has 0 atom stereocenters. The third-order valence-electron chi connectivity index (χ3n) is 8.76. The monoisotopic (exact) mass is 566 g/mol. The fourth-order valence-electron chi connectivity index (χ4n) is 6.08. The van der Waals surface area contributed by atoms with Crippen molar-refractivity contribution in [3.8, 4) is 0 Å². The third kappa shape index (κ3) is 7.99. The number of piperidine rings is 1. The van der Waals surface area contributed by atoms with E-state index in [0.29, 0.717) is 63.4 Å². The van der Waals surface area contributed by atoms with E-state index in [1.807, 2.05) is 17.0 Å². The number of halogens is 1. The largest absolute Gasteiger partial charge is 0.381 e. The SMILES string of the molecule is CC(C)(C)c1ccc(CN2CCC(CN(C(=O)NC3CCOCC3)c3ccc(N4CCOCC4)c(F)c3)CC2)cc1. The van der Waals surface area contributed by atoms with Crippen LogP contribution in [-0.2, 0) is 21.4 Å². The molecule has 0 bridgehead atoms. The molecule has 5 rings (SSSR count). The number of anilines is 2. The first-order chi connectivity index (χ1) is 19.8. The summed E-state index contributed by atoms with van der Waals surface area (Å²) in [6.45, 7) is 14.1. The number of nitrogens with one attached hydrogen (secondary N) is 1. The number of urea groups is 1. The van der Waals surface area contributed by atoms with Gasteiger partial charge in [-0.3, -0.25) is 9.80 Å². The molecule has 2 amide bonds. The van der Waals surface area contributed by atoms with Crippen molar-refractivity contribution >= 4 is 17.4 Å². The Morgan fingerprint density at radius 3 is 2.22 bits per heavy atom. The highest BCUT2D eigenvalue weighted by Gasteiger charge is 2.28. The Balaban J connectivity index is 1.23. The number of amides is 2. The van der Waals surface area contributed by atoms with Gasteiger partial charge in [-0.05, 0) is 79.4 Å². The predicted molar refractivity (Wildman–Crippen MR) is 162 cm³/mol. The Hall–Kier alpha value is -2.68. The van der Waals surface area contributed by atoms with Crippen LogP contribution in [-0.4, -0.2) is 76.1 Å². The van der Waals surface area contributed by atoms with Gasteiger partial charge in [-0.2, -0.15) is 0 Å². The topological polar surface area (TPSA) is 57.3 Å². The lowest BCUT2D eigenvalue weighted by Gasteiger charge is -2.36. The van der Waals surface area contributed by atoms with Crippen molar-refractivity contribution in [2.45, 2.75) is 64.5 Å². The Bertz CT molecular complexity index is 1130. The van der Waals surface area contributed by atoms with Crippen molar-refractivity contribution in [1.29, 1.82) is 0 Å². The van der Waals surface area contributed by atoms with Gasteiger partial charge in [-0.25, -0.2) is 9.18 Å². The molecule has 2 aromatic rings. The molecular weight excluding hydrogens is 519 g/mol. The zero-order valence-electron chi connectivity index (χ0n) is 25.0. The van der Waals surface area contributed by atoms with Gasteiger partial charge in [0.15, 0.2) is 0 Å². The molecule has 3 aliphatic heterocycles. The first kappa shape index (κ1) is 29.8. The van der Waals surface area contributed by atoms with Crippen LogP contribution in [0.4, 0.5) is 20.6 Å². The average Bonchev–Trinajstić information content (AvgIpc) is 2.97. The van der Waals surface area contributed by atoms with Crippen molar-refractivity contribution in [3.63, 3.8) is 0 Å². The summed E-state index contributed by atoms with van der Waals surface area (Å²) >= 11 is 0. The van der Waals surface area contributed by atoms with Crippen LogP contribution in [0.25, 0.3) is 0 Å². The van der Waals surface area contributed by atoms with E-state index in [9.17, 15) is 4.79 Å². The molecule has 3 fully saturated rings. The van der Waals surface area contributed by atoms with Gasteiger partial charge in [-0.15, -0.1) is 0 Å². The van der Waals surface area contributed by atoms with Gasteiger partial charge in [0.2, 0.25) is 0 Å². The van der Waals surface area contributed by atoms with E-state index in [2.05, 4.69) is 55.3 Å². The van der Waals surface area contributed by atoms with E-state index in [1.54, 1.807) is 4.90 Å². The van der Waals surface area contributed by atoms with E-state index >= 15 is 4.39 Å². The molecule has 8 heteroatoms. The Kier molecular flexibility index (Phi) is 9.83. The summed E-state index contributed by atoms with van der Waals surface area (Å²) in [5.41, 5.74) is 4.04. The number of carbonyl (C=O) groups excluding carboxylic acids is 1. The minimum absolute atomic E-state index is 0.0859. The van der Waals surface area contributed by atoms with Gasteiger partial charge in [0.25, 0.3) is 0 Å². The second-order valence-corrected chi connectivity index (χ2v) is 12.8. The van der Waals surface area contributed by atoms with Crippen molar-refractivity contribution in [1.82, 2.24) is 10.2 Å². The summed E-state index contributed by atoms with van der Waals surface area (Å²) in [4.78, 5) is 19.9. The summed E-state index contributed by atoms with van der Waals surface area (Å²) in [6.07, 6.45) is 3.63. The number of ether oxygens (including phenoxy) is 2. The number of nitrogens with zero attached hydrogens (tertiary/aromatic N) is 3. The molecule has 0 radical (unpaired) electrons. The van der Waals surface area contributed by atoms with Crippen molar-refractivity contribution in [2.24, 2.45) is 5.92 Å².